The maximum Gasteiger partial charge on any atom is 0.170 e. The summed E-state index contributed by atoms with van der Waals surface area (Å²) in [7, 11) is 0. The maximum atomic E-state index is 14.1. The highest BCUT2D eigenvalue weighted by Crippen LogP contribution is 2.24. The average Bonchev–Trinajstić information content (AvgIpc) is 2.86. The third-order valence-corrected chi connectivity index (χ3v) is 3.43. The molecule has 0 aromatic carbocycles. The number of alkyl halides is 1. The molecule has 0 unspecified atom stereocenters. The summed E-state index contributed by atoms with van der Waals surface area (Å²) in [5, 5.41) is 0. The Morgan fingerprint density at radius 2 is 2.17 bits per heavy atom. The predicted molar refractivity (Wildman–Crippen MR) is 67.0 cm³/mol. The van der Waals surface area contributed by atoms with Crippen molar-refractivity contribution in [1.29, 1.82) is 0 Å². The molecular formula is C12H12ClFN4. The van der Waals surface area contributed by atoms with Crippen molar-refractivity contribution in [1.82, 2.24) is 14.5 Å². The van der Waals surface area contributed by atoms with E-state index in [1.54, 1.807) is 18.5 Å². The lowest BCUT2D eigenvalue weighted by molar-refractivity contribution is 0.535. The van der Waals surface area contributed by atoms with Gasteiger partial charge < -0.3 is 9.47 Å². The topological polar surface area (TPSA) is 34.0 Å². The normalized spacial score (nSPS) is 14.7. The Morgan fingerprint density at radius 1 is 1.28 bits per heavy atom. The van der Waals surface area contributed by atoms with Crippen LogP contribution in [0.25, 0.3) is 0 Å². The molecule has 0 saturated carbocycles. The fourth-order valence-electron chi connectivity index (χ4n) is 2.15. The molecule has 3 rings (SSSR count). The molecular weight excluding hydrogens is 255 g/mol. The summed E-state index contributed by atoms with van der Waals surface area (Å²) in [6.45, 7) is 2.09. The van der Waals surface area contributed by atoms with Gasteiger partial charge in [0.1, 0.15) is 5.82 Å². The van der Waals surface area contributed by atoms with Crippen LogP contribution in [-0.2, 0) is 19.0 Å². The number of hydrogen-bond donors (Lipinski definition) is 0. The summed E-state index contributed by atoms with van der Waals surface area (Å²) in [6, 6.07) is 1.61. The SMILES string of the molecule is Fc1c(CCl)ccnc1N1CCn2ccnc2C1. The number of halogens is 2. The zero-order valence-corrected chi connectivity index (χ0v) is 10.4. The predicted octanol–water partition coefficient (Wildman–Crippen LogP) is 2.18. The summed E-state index contributed by atoms with van der Waals surface area (Å²) < 4.78 is 16.2. The van der Waals surface area contributed by atoms with Crippen LogP contribution in [0.1, 0.15) is 11.4 Å². The second-order valence-corrected chi connectivity index (χ2v) is 4.47. The van der Waals surface area contributed by atoms with Crippen LogP contribution < -0.4 is 4.90 Å². The van der Waals surface area contributed by atoms with Crippen LogP contribution in [0.2, 0.25) is 0 Å². The first-order valence-corrected chi connectivity index (χ1v) is 6.27. The molecule has 0 radical (unpaired) electrons. The summed E-state index contributed by atoms with van der Waals surface area (Å²) in [4.78, 5) is 10.3. The number of hydrogen-bond acceptors (Lipinski definition) is 3. The van der Waals surface area contributed by atoms with Gasteiger partial charge in [-0.05, 0) is 6.07 Å². The van der Waals surface area contributed by atoms with Crippen molar-refractivity contribution in [3.05, 3.63) is 41.9 Å². The smallest absolute Gasteiger partial charge is 0.170 e. The van der Waals surface area contributed by atoms with E-state index in [1.165, 1.54) is 0 Å². The number of fused-ring (bicyclic) bond motifs is 1. The van der Waals surface area contributed by atoms with Gasteiger partial charge in [0, 0.05) is 37.2 Å². The van der Waals surface area contributed by atoms with E-state index in [9.17, 15) is 4.39 Å². The van der Waals surface area contributed by atoms with Gasteiger partial charge in [-0.15, -0.1) is 11.6 Å². The molecule has 0 fully saturated rings. The third-order valence-electron chi connectivity index (χ3n) is 3.14. The Morgan fingerprint density at radius 3 is 3.00 bits per heavy atom. The summed E-state index contributed by atoms with van der Waals surface area (Å²) >= 11 is 5.70. The molecule has 1 aliphatic rings. The minimum atomic E-state index is -0.326. The van der Waals surface area contributed by atoms with Crippen LogP contribution in [0, 0.1) is 5.82 Å². The van der Waals surface area contributed by atoms with E-state index in [-0.39, 0.29) is 11.7 Å². The van der Waals surface area contributed by atoms with Gasteiger partial charge in [-0.3, -0.25) is 0 Å². The van der Waals surface area contributed by atoms with E-state index in [2.05, 4.69) is 14.5 Å². The zero-order chi connectivity index (χ0) is 12.5. The zero-order valence-electron chi connectivity index (χ0n) is 9.68. The standard InChI is InChI=1S/C12H12ClFN4/c13-7-9-1-2-16-12(11(9)14)18-6-5-17-4-3-15-10(17)8-18/h1-4H,5-8H2. The highest BCUT2D eigenvalue weighted by atomic mass is 35.5. The first-order valence-electron chi connectivity index (χ1n) is 5.74. The van der Waals surface area contributed by atoms with E-state index in [0.29, 0.717) is 17.9 Å². The van der Waals surface area contributed by atoms with Crippen molar-refractivity contribution < 1.29 is 4.39 Å². The molecule has 0 atom stereocenters. The molecule has 0 N–H and O–H groups in total. The molecule has 2 aromatic rings. The molecule has 0 saturated heterocycles. The number of nitrogens with zero attached hydrogens (tertiary/aromatic N) is 4. The van der Waals surface area contributed by atoms with Gasteiger partial charge >= 0.3 is 0 Å². The van der Waals surface area contributed by atoms with Crippen LogP contribution in [0.5, 0.6) is 0 Å². The van der Waals surface area contributed by atoms with Gasteiger partial charge in [-0.1, -0.05) is 0 Å². The molecule has 1 aliphatic heterocycles. The molecule has 94 valence electrons. The lowest BCUT2D eigenvalue weighted by Crippen LogP contribution is -2.34. The van der Waals surface area contributed by atoms with Gasteiger partial charge in [0.15, 0.2) is 11.6 Å². The number of aromatic nitrogens is 3. The minimum Gasteiger partial charge on any atom is -0.345 e. The molecule has 6 heteroatoms. The number of rotatable bonds is 2. The van der Waals surface area contributed by atoms with Crippen LogP contribution in [0.15, 0.2) is 24.7 Å². The van der Waals surface area contributed by atoms with E-state index >= 15 is 0 Å². The van der Waals surface area contributed by atoms with Crippen LogP contribution in [0.3, 0.4) is 0 Å². The van der Waals surface area contributed by atoms with Gasteiger partial charge in [-0.2, -0.15) is 0 Å². The Labute approximate surface area is 109 Å². The van der Waals surface area contributed by atoms with Gasteiger partial charge in [0.05, 0.1) is 12.4 Å². The van der Waals surface area contributed by atoms with Crippen molar-refractivity contribution in [3.63, 3.8) is 0 Å². The van der Waals surface area contributed by atoms with E-state index in [4.69, 9.17) is 11.6 Å². The van der Waals surface area contributed by atoms with Gasteiger partial charge in [0.25, 0.3) is 0 Å². The number of anilines is 1. The highest BCUT2D eigenvalue weighted by Gasteiger charge is 2.21. The van der Waals surface area contributed by atoms with Gasteiger partial charge in [0.2, 0.25) is 0 Å². The van der Waals surface area contributed by atoms with E-state index in [1.807, 2.05) is 11.1 Å². The fourth-order valence-corrected chi connectivity index (χ4v) is 2.36. The van der Waals surface area contributed by atoms with Crippen molar-refractivity contribution in [2.45, 2.75) is 19.0 Å². The van der Waals surface area contributed by atoms with Crippen LogP contribution in [0.4, 0.5) is 10.2 Å². The third kappa shape index (κ3) is 1.84. The molecule has 2 aromatic heterocycles. The monoisotopic (exact) mass is 266 g/mol. The van der Waals surface area contributed by atoms with Crippen LogP contribution >= 0.6 is 11.6 Å². The van der Waals surface area contributed by atoms with Gasteiger partial charge in [-0.25, -0.2) is 14.4 Å². The molecule has 0 spiro atoms. The summed E-state index contributed by atoms with van der Waals surface area (Å²) in [5.74, 6) is 1.12. The summed E-state index contributed by atoms with van der Waals surface area (Å²) in [6.07, 6.45) is 5.29. The fraction of sp³-hybridized carbons (Fsp3) is 0.333. The number of imidazole rings is 1. The molecule has 0 amide bonds. The Balaban J connectivity index is 1.93. The van der Waals surface area contributed by atoms with E-state index in [0.717, 1.165) is 18.9 Å². The molecule has 4 nitrogen and oxygen atoms in total. The summed E-state index contributed by atoms with van der Waals surface area (Å²) in [5.41, 5.74) is 0.482. The largest absolute Gasteiger partial charge is 0.345 e. The molecule has 3 heterocycles. The van der Waals surface area contributed by atoms with Crippen molar-refractivity contribution in [3.8, 4) is 0 Å². The second-order valence-electron chi connectivity index (χ2n) is 4.20. The van der Waals surface area contributed by atoms with Crippen molar-refractivity contribution in [2.75, 3.05) is 11.4 Å². The van der Waals surface area contributed by atoms with Crippen molar-refractivity contribution in [2.24, 2.45) is 0 Å². The lowest BCUT2D eigenvalue weighted by Gasteiger charge is -2.29. The Kier molecular flexibility index (Phi) is 2.91. The average molecular weight is 267 g/mol. The number of pyridine rings is 1. The second kappa shape index (κ2) is 4.57. The Hall–Kier alpha value is -1.62. The minimum absolute atomic E-state index is 0.157. The van der Waals surface area contributed by atoms with Crippen molar-refractivity contribution >= 4 is 17.4 Å². The maximum absolute atomic E-state index is 14.1. The highest BCUT2D eigenvalue weighted by molar-refractivity contribution is 6.17. The first-order chi connectivity index (χ1) is 8.79. The van der Waals surface area contributed by atoms with E-state index < -0.39 is 0 Å². The molecule has 0 bridgehead atoms. The van der Waals surface area contributed by atoms with Crippen LogP contribution in [-0.4, -0.2) is 21.1 Å². The lowest BCUT2D eigenvalue weighted by atomic mass is 10.2. The quantitative estimate of drug-likeness (QED) is 0.782. The Bertz CT molecular complexity index is 569. The molecule has 18 heavy (non-hydrogen) atoms. The first kappa shape index (κ1) is 11.5. The molecule has 0 aliphatic carbocycles.